The zero-order valence-corrected chi connectivity index (χ0v) is 8.74. The molecule has 0 radical (unpaired) electrons. The van der Waals surface area contributed by atoms with Crippen LogP contribution >= 0.6 is 0 Å². The number of benzene rings is 1. The van der Waals surface area contributed by atoms with Gasteiger partial charge in [0.25, 0.3) is 0 Å². The molecule has 0 aliphatic rings. The molecule has 0 atom stereocenters. The first-order valence-electron chi connectivity index (χ1n) is 4.51. The minimum absolute atomic E-state index is 0.320. The molecule has 0 aliphatic carbocycles. The van der Waals surface area contributed by atoms with Gasteiger partial charge in [-0.2, -0.15) is 0 Å². The molecule has 0 bridgehead atoms. The summed E-state index contributed by atoms with van der Waals surface area (Å²) in [5.74, 6) is 0.832. The Labute approximate surface area is 84.0 Å². The molecule has 0 unspecified atom stereocenters. The van der Waals surface area contributed by atoms with Gasteiger partial charge in [0.2, 0.25) is 0 Å². The van der Waals surface area contributed by atoms with E-state index in [1.165, 1.54) is 5.56 Å². The Morgan fingerprint density at radius 2 is 2.14 bits per heavy atom. The van der Waals surface area contributed by atoms with Gasteiger partial charge in [-0.1, -0.05) is 22.9 Å². The third kappa shape index (κ3) is 2.76. The third-order valence-corrected chi connectivity index (χ3v) is 1.94. The van der Waals surface area contributed by atoms with Crippen molar-refractivity contribution in [2.45, 2.75) is 20.8 Å². The zero-order chi connectivity index (χ0) is 10.6. The van der Waals surface area contributed by atoms with E-state index in [4.69, 9.17) is 9.94 Å². The number of rotatable bonds is 3. The van der Waals surface area contributed by atoms with Gasteiger partial charge in [0.05, 0.1) is 5.71 Å². The lowest BCUT2D eigenvalue weighted by Gasteiger charge is -2.08. The highest BCUT2D eigenvalue weighted by atomic mass is 16.5. The maximum absolute atomic E-state index is 8.43. The summed E-state index contributed by atoms with van der Waals surface area (Å²) >= 11 is 0. The molecule has 0 aromatic heterocycles. The van der Waals surface area contributed by atoms with Crippen LogP contribution in [0.5, 0.6) is 5.75 Å². The van der Waals surface area contributed by atoms with E-state index in [0.29, 0.717) is 12.3 Å². The molecule has 0 fully saturated rings. The van der Waals surface area contributed by atoms with Crippen molar-refractivity contribution in [2.24, 2.45) is 5.16 Å². The first kappa shape index (κ1) is 10.6. The lowest BCUT2D eigenvalue weighted by Crippen LogP contribution is -2.08. The molecule has 1 aromatic carbocycles. The molecule has 76 valence electrons. The van der Waals surface area contributed by atoms with E-state index >= 15 is 0 Å². The van der Waals surface area contributed by atoms with Crippen molar-refractivity contribution in [1.82, 2.24) is 0 Å². The molecule has 0 amide bonds. The number of nitrogens with zero attached hydrogens (tertiary/aromatic N) is 1. The predicted octanol–water partition coefficient (Wildman–Crippen LogP) is 2.53. The summed E-state index contributed by atoms with van der Waals surface area (Å²) in [5.41, 5.74) is 2.86. The molecular formula is C11H15NO2. The standard InChI is InChI=1S/C11H15NO2/c1-8-4-5-11(9(2)6-8)14-7-10(3)12-13/h4-6,13H,7H2,1-3H3/b12-10-. The smallest absolute Gasteiger partial charge is 0.129 e. The molecule has 3 heteroatoms. The van der Waals surface area contributed by atoms with Crippen LogP contribution in [-0.2, 0) is 0 Å². The van der Waals surface area contributed by atoms with Gasteiger partial charge in [0.15, 0.2) is 0 Å². The van der Waals surface area contributed by atoms with Crippen LogP contribution < -0.4 is 4.74 Å². The maximum Gasteiger partial charge on any atom is 0.129 e. The van der Waals surface area contributed by atoms with E-state index < -0.39 is 0 Å². The monoisotopic (exact) mass is 193 g/mol. The molecule has 1 rings (SSSR count). The van der Waals surface area contributed by atoms with Crippen LogP contribution in [0.1, 0.15) is 18.1 Å². The Morgan fingerprint density at radius 3 is 2.71 bits per heavy atom. The molecular weight excluding hydrogens is 178 g/mol. The van der Waals surface area contributed by atoms with Crippen LogP contribution in [0.2, 0.25) is 0 Å². The van der Waals surface area contributed by atoms with Crippen LogP contribution in [0.15, 0.2) is 23.4 Å². The van der Waals surface area contributed by atoms with Crippen LogP contribution in [0.3, 0.4) is 0 Å². The summed E-state index contributed by atoms with van der Waals surface area (Å²) in [5, 5.41) is 11.5. The SMILES string of the molecule is C/C(COc1ccc(C)cc1C)=N/O. The Balaban J connectivity index is 2.68. The second-order valence-corrected chi connectivity index (χ2v) is 3.39. The summed E-state index contributed by atoms with van der Waals surface area (Å²) in [6.45, 7) is 6.06. The Bertz CT molecular complexity index is 345. The van der Waals surface area contributed by atoms with Gasteiger partial charge < -0.3 is 9.94 Å². The highest BCUT2D eigenvalue weighted by Gasteiger charge is 2.00. The quantitative estimate of drug-likeness (QED) is 0.455. The van der Waals surface area contributed by atoms with Crippen molar-refractivity contribution in [1.29, 1.82) is 0 Å². The van der Waals surface area contributed by atoms with Crippen molar-refractivity contribution in [3.63, 3.8) is 0 Å². The molecule has 1 aromatic rings. The summed E-state index contributed by atoms with van der Waals surface area (Å²) in [6, 6.07) is 5.98. The fourth-order valence-electron chi connectivity index (χ4n) is 1.17. The van der Waals surface area contributed by atoms with Gasteiger partial charge in [-0.05, 0) is 32.4 Å². The fraction of sp³-hybridized carbons (Fsp3) is 0.364. The average Bonchev–Trinajstić information content (AvgIpc) is 2.16. The van der Waals surface area contributed by atoms with Crippen molar-refractivity contribution in [2.75, 3.05) is 6.61 Å². The van der Waals surface area contributed by atoms with Crippen LogP contribution in [0.4, 0.5) is 0 Å². The number of aryl methyl sites for hydroxylation is 2. The van der Waals surface area contributed by atoms with Crippen molar-refractivity contribution in [3.8, 4) is 5.75 Å². The normalized spacial score (nSPS) is 11.5. The van der Waals surface area contributed by atoms with Crippen LogP contribution in [-0.4, -0.2) is 17.5 Å². The number of oxime groups is 1. The van der Waals surface area contributed by atoms with E-state index in [-0.39, 0.29) is 0 Å². The Hall–Kier alpha value is -1.51. The van der Waals surface area contributed by atoms with E-state index in [1.807, 2.05) is 26.0 Å². The second kappa shape index (κ2) is 4.65. The maximum atomic E-state index is 8.43. The van der Waals surface area contributed by atoms with Gasteiger partial charge in [-0.15, -0.1) is 0 Å². The summed E-state index contributed by atoms with van der Waals surface area (Å²) in [6.07, 6.45) is 0. The topological polar surface area (TPSA) is 41.8 Å². The van der Waals surface area contributed by atoms with Gasteiger partial charge in [0, 0.05) is 0 Å². The van der Waals surface area contributed by atoms with Gasteiger partial charge in [-0.25, -0.2) is 0 Å². The fourth-order valence-corrected chi connectivity index (χ4v) is 1.17. The van der Waals surface area contributed by atoms with Crippen LogP contribution in [0.25, 0.3) is 0 Å². The number of hydrogen-bond acceptors (Lipinski definition) is 3. The first-order valence-corrected chi connectivity index (χ1v) is 4.51. The zero-order valence-electron chi connectivity index (χ0n) is 8.74. The lowest BCUT2D eigenvalue weighted by atomic mass is 10.1. The molecule has 0 saturated carbocycles. The summed E-state index contributed by atoms with van der Waals surface area (Å²) in [4.78, 5) is 0. The molecule has 0 spiro atoms. The van der Waals surface area contributed by atoms with E-state index in [2.05, 4.69) is 11.2 Å². The van der Waals surface area contributed by atoms with Crippen molar-refractivity contribution < 1.29 is 9.94 Å². The average molecular weight is 193 g/mol. The summed E-state index contributed by atoms with van der Waals surface area (Å²) < 4.78 is 5.45. The molecule has 3 nitrogen and oxygen atoms in total. The van der Waals surface area contributed by atoms with E-state index in [0.717, 1.165) is 11.3 Å². The van der Waals surface area contributed by atoms with Crippen molar-refractivity contribution in [3.05, 3.63) is 29.3 Å². The van der Waals surface area contributed by atoms with E-state index in [9.17, 15) is 0 Å². The van der Waals surface area contributed by atoms with Gasteiger partial charge in [0.1, 0.15) is 12.4 Å². The van der Waals surface area contributed by atoms with Gasteiger partial charge >= 0.3 is 0 Å². The first-order chi connectivity index (χ1) is 6.63. The lowest BCUT2D eigenvalue weighted by molar-refractivity contribution is 0.306. The van der Waals surface area contributed by atoms with E-state index in [1.54, 1.807) is 6.92 Å². The minimum Gasteiger partial charge on any atom is -0.487 e. The molecule has 1 N–H and O–H groups in total. The number of ether oxygens (including phenoxy) is 1. The highest BCUT2D eigenvalue weighted by molar-refractivity contribution is 5.82. The molecule has 0 heterocycles. The highest BCUT2D eigenvalue weighted by Crippen LogP contribution is 2.18. The molecule has 0 aliphatic heterocycles. The van der Waals surface area contributed by atoms with Crippen LogP contribution in [0, 0.1) is 13.8 Å². The third-order valence-electron chi connectivity index (χ3n) is 1.94. The number of hydrogen-bond donors (Lipinski definition) is 1. The largest absolute Gasteiger partial charge is 0.487 e. The second-order valence-electron chi connectivity index (χ2n) is 3.39. The Kier molecular flexibility index (Phi) is 3.51. The molecule has 0 saturated heterocycles. The van der Waals surface area contributed by atoms with Gasteiger partial charge in [-0.3, -0.25) is 0 Å². The minimum atomic E-state index is 0.320. The predicted molar refractivity (Wildman–Crippen MR) is 56.3 cm³/mol. The molecule has 14 heavy (non-hydrogen) atoms. The van der Waals surface area contributed by atoms with Crippen molar-refractivity contribution >= 4 is 5.71 Å². The Morgan fingerprint density at radius 1 is 1.43 bits per heavy atom. The summed E-state index contributed by atoms with van der Waals surface area (Å²) in [7, 11) is 0.